The highest BCUT2D eigenvalue weighted by Gasteiger charge is 2.02. The van der Waals surface area contributed by atoms with Crippen LogP contribution >= 0.6 is 0 Å². The van der Waals surface area contributed by atoms with Gasteiger partial charge < -0.3 is 5.73 Å². The van der Waals surface area contributed by atoms with Gasteiger partial charge in [0.1, 0.15) is 0 Å². The zero-order chi connectivity index (χ0) is 11.3. The largest absolute Gasteiger partial charge is 0.398 e. The Morgan fingerprint density at radius 1 is 1.27 bits per heavy atom. The van der Waals surface area contributed by atoms with Crippen LogP contribution in [0.4, 0.5) is 0 Å². The maximum Gasteiger partial charge on any atom is 0.0417 e. The molecule has 78 valence electrons. The van der Waals surface area contributed by atoms with Gasteiger partial charge in [-0.1, -0.05) is 49.1 Å². The summed E-state index contributed by atoms with van der Waals surface area (Å²) in [6, 6.07) is 9.98. The molecule has 0 fully saturated rings. The molecule has 0 aliphatic rings. The third-order valence-corrected chi connectivity index (χ3v) is 2.29. The van der Waals surface area contributed by atoms with Crippen molar-refractivity contribution in [2.45, 2.75) is 13.8 Å². The molecule has 0 bridgehead atoms. The SMILES string of the molecule is C=C(/C(N)=C(C)\C=C/C)c1ccccc1. The van der Waals surface area contributed by atoms with E-state index in [0.717, 1.165) is 22.4 Å². The van der Waals surface area contributed by atoms with Crippen LogP contribution in [-0.2, 0) is 0 Å². The van der Waals surface area contributed by atoms with E-state index >= 15 is 0 Å². The first-order valence-corrected chi connectivity index (χ1v) is 5.00. The third kappa shape index (κ3) is 2.84. The van der Waals surface area contributed by atoms with Crippen molar-refractivity contribution in [1.29, 1.82) is 0 Å². The number of hydrogen-bond acceptors (Lipinski definition) is 1. The smallest absolute Gasteiger partial charge is 0.0417 e. The Morgan fingerprint density at radius 2 is 1.87 bits per heavy atom. The first kappa shape index (κ1) is 11.3. The van der Waals surface area contributed by atoms with Gasteiger partial charge in [-0.25, -0.2) is 0 Å². The lowest BCUT2D eigenvalue weighted by atomic mass is 10.0. The molecular formula is C14H17N. The molecule has 0 heterocycles. The summed E-state index contributed by atoms with van der Waals surface area (Å²) < 4.78 is 0. The molecular weight excluding hydrogens is 182 g/mol. The van der Waals surface area contributed by atoms with Crippen molar-refractivity contribution in [2.75, 3.05) is 0 Å². The number of benzene rings is 1. The second kappa shape index (κ2) is 5.20. The molecule has 1 rings (SSSR count). The van der Waals surface area contributed by atoms with Gasteiger partial charge in [0.05, 0.1) is 0 Å². The van der Waals surface area contributed by atoms with E-state index < -0.39 is 0 Å². The summed E-state index contributed by atoms with van der Waals surface area (Å²) in [6.07, 6.45) is 3.96. The van der Waals surface area contributed by atoms with Gasteiger partial charge in [-0.2, -0.15) is 0 Å². The number of hydrogen-bond donors (Lipinski definition) is 1. The highest BCUT2D eigenvalue weighted by atomic mass is 14.6. The Hall–Kier alpha value is -1.76. The summed E-state index contributed by atoms with van der Waals surface area (Å²) in [7, 11) is 0. The highest BCUT2D eigenvalue weighted by Crippen LogP contribution is 2.19. The Morgan fingerprint density at radius 3 is 2.40 bits per heavy atom. The summed E-state index contributed by atoms with van der Waals surface area (Å²) in [6.45, 7) is 7.98. The number of allylic oxidation sites excluding steroid dienone is 4. The summed E-state index contributed by atoms with van der Waals surface area (Å²) in [4.78, 5) is 0. The monoisotopic (exact) mass is 199 g/mol. The van der Waals surface area contributed by atoms with Crippen molar-refractivity contribution < 1.29 is 0 Å². The Bertz CT molecular complexity index is 397. The number of nitrogens with two attached hydrogens (primary N) is 1. The van der Waals surface area contributed by atoms with E-state index in [1.165, 1.54) is 0 Å². The molecule has 15 heavy (non-hydrogen) atoms. The molecule has 0 aromatic heterocycles. The molecule has 1 aromatic carbocycles. The molecule has 0 saturated carbocycles. The second-order valence-electron chi connectivity index (χ2n) is 3.44. The van der Waals surface area contributed by atoms with Crippen molar-refractivity contribution in [3.63, 3.8) is 0 Å². The molecule has 0 amide bonds. The Kier molecular flexibility index (Phi) is 3.92. The summed E-state index contributed by atoms with van der Waals surface area (Å²) >= 11 is 0. The van der Waals surface area contributed by atoms with E-state index in [1.807, 2.05) is 56.3 Å². The average molecular weight is 199 g/mol. The molecule has 0 radical (unpaired) electrons. The van der Waals surface area contributed by atoms with Crippen LogP contribution in [0.2, 0.25) is 0 Å². The van der Waals surface area contributed by atoms with Crippen LogP contribution in [0.5, 0.6) is 0 Å². The fourth-order valence-corrected chi connectivity index (χ4v) is 1.37. The van der Waals surface area contributed by atoms with Crippen LogP contribution in [0, 0.1) is 0 Å². The van der Waals surface area contributed by atoms with E-state index in [4.69, 9.17) is 5.73 Å². The van der Waals surface area contributed by atoms with Crippen molar-refractivity contribution in [2.24, 2.45) is 5.73 Å². The molecule has 0 unspecified atom stereocenters. The van der Waals surface area contributed by atoms with Gasteiger partial charge in [0.2, 0.25) is 0 Å². The van der Waals surface area contributed by atoms with Gasteiger partial charge in [0, 0.05) is 5.70 Å². The Balaban J connectivity index is 3.01. The van der Waals surface area contributed by atoms with Crippen molar-refractivity contribution >= 4 is 5.57 Å². The van der Waals surface area contributed by atoms with Crippen LogP contribution in [-0.4, -0.2) is 0 Å². The molecule has 1 nitrogen and oxygen atoms in total. The van der Waals surface area contributed by atoms with Crippen molar-refractivity contribution in [3.05, 3.63) is 65.9 Å². The van der Waals surface area contributed by atoms with Gasteiger partial charge in [-0.15, -0.1) is 0 Å². The first-order valence-electron chi connectivity index (χ1n) is 5.00. The van der Waals surface area contributed by atoms with Crippen molar-refractivity contribution in [1.82, 2.24) is 0 Å². The molecule has 0 aliphatic heterocycles. The molecule has 0 saturated heterocycles. The van der Waals surface area contributed by atoms with Gasteiger partial charge in [-0.3, -0.25) is 0 Å². The quantitative estimate of drug-likeness (QED) is 0.741. The molecule has 1 heteroatoms. The topological polar surface area (TPSA) is 26.0 Å². The lowest BCUT2D eigenvalue weighted by molar-refractivity contribution is 1.32. The second-order valence-corrected chi connectivity index (χ2v) is 3.44. The van der Waals surface area contributed by atoms with Crippen LogP contribution in [0.1, 0.15) is 19.4 Å². The van der Waals surface area contributed by atoms with E-state index in [2.05, 4.69) is 6.58 Å². The zero-order valence-electron chi connectivity index (χ0n) is 9.33. The Labute approximate surface area is 91.6 Å². The minimum absolute atomic E-state index is 0.749. The minimum Gasteiger partial charge on any atom is -0.398 e. The van der Waals surface area contributed by atoms with Gasteiger partial charge in [0.25, 0.3) is 0 Å². The average Bonchev–Trinajstić information content (AvgIpc) is 2.28. The normalized spacial score (nSPS) is 12.7. The van der Waals surface area contributed by atoms with E-state index in [0.29, 0.717) is 0 Å². The molecule has 0 spiro atoms. The maximum atomic E-state index is 6.01. The molecule has 0 atom stereocenters. The van der Waals surface area contributed by atoms with Crippen molar-refractivity contribution in [3.8, 4) is 0 Å². The van der Waals surface area contributed by atoms with Gasteiger partial charge in [-0.05, 0) is 30.6 Å². The van der Waals surface area contributed by atoms with E-state index in [9.17, 15) is 0 Å². The fourth-order valence-electron chi connectivity index (χ4n) is 1.37. The lowest BCUT2D eigenvalue weighted by Crippen LogP contribution is -2.02. The lowest BCUT2D eigenvalue weighted by Gasteiger charge is -2.08. The van der Waals surface area contributed by atoms with Crippen LogP contribution < -0.4 is 5.73 Å². The van der Waals surface area contributed by atoms with Crippen LogP contribution in [0.25, 0.3) is 5.57 Å². The van der Waals surface area contributed by atoms with Gasteiger partial charge in [0.15, 0.2) is 0 Å². The standard InChI is InChI=1S/C14H17N/c1-4-8-11(2)14(15)12(3)13-9-6-5-7-10-13/h4-10H,3,15H2,1-2H3/b8-4-,14-11+. The molecule has 1 aromatic rings. The third-order valence-electron chi connectivity index (χ3n) is 2.29. The predicted octanol–water partition coefficient (Wildman–Crippen LogP) is 3.51. The summed E-state index contributed by atoms with van der Waals surface area (Å²) in [5.41, 5.74) is 9.75. The van der Waals surface area contributed by atoms with Gasteiger partial charge >= 0.3 is 0 Å². The number of rotatable bonds is 3. The molecule has 2 N–H and O–H groups in total. The fraction of sp³-hybridized carbons (Fsp3) is 0.143. The van der Waals surface area contributed by atoms with E-state index in [1.54, 1.807) is 0 Å². The molecule has 0 aliphatic carbocycles. The van der Waals surface area contributed by atoms with Crippen LogP contribution in [0.3, 0.4) is 0 Å². The van der Waals surface area contributed by atoms with Crippen LogP contribution in [0.15, 0.2) is 60.3 Å². The van der Waals surface area contributed by atoms with E-state index in [-0.39, 0.29) is 0 Å². The summed E-state index contributed by atoms with van der Waals surface area (Å²) in [5.74, 6) is 0. The minimum atomic E-state index is 0.749. The summed E-state index contributed by atoms with van der Waals surface area (Å²) in [5, 5.41) is 0. The first-order chi connectivity index (χ1) is 7.16. The predicted molar refractivity (Wildman–Crippen MR) is 67.2 cm³/mol. The maximum absolute atomic E-state index is 6.01. The zero-order valence-corrected chi connectivity index (χ0v) is 9.33. The highest BCUT2D eigenvalue weighted by molar-refractivity contribution is 5.77.